The summed E-state index contributed by atoms with van der Waals surface area (Å²) in [6.07, 6.45) is 1.72. The number of hydrogen-bond donors (Lipinski definition) is 0. The lowest BCUT2D eigenvalue weighted by atomic mass is 9.99. The summed E-state index contributed by atoms with van der Waals surface area (Å²) in [5.41, 5.74) is 1.59. The van der Waals surface area contributed by atoms with Crippen molar-refractivity contribution in [2.24, 2.45) is 0 Å². The van der Waals surface area contributed by atoms with Crippen LogP contribution in [0.15, 0.2) is 35.5 Å². The monoisotopic (exact) mass is 233 g/mol. The van der Waals surface area contributed by atoms with Gasteiger partial charge in [0.25, 0.3) is 5.91 Å². The minimum absolute atomic E-state index is 0.0775. The van der Waals surface area contributed by atoms with Crippen LogP contribution < -0.4 is 0 Å². The van der Waals surface area contributed by atoms with Crippen LogP contribution in [0.3, 0.4) is 0 Å². The molecule has 1 amide bonds. The molecule has 1 unspecified atom stereocenters. The molecule has 0 spiro atoms. The van der Waals surface area contributed by atoms with Crippen molar-refractivity contribution < 1.29 is 9.59 Å². The number of allylic oxidation sites excluding steroid dienone is 1. The topological polar surface area (TPSA) is 37.4 Å². The Morgan fingerprint density at radius 3 is 2.81 bits per heavy atom. The third-order valence-electron chi connectivity index (χ3n) is 3.02. The van der Waals surface area contributed by atoms with Gasteiger partial charge >= 0.3 is 0 Å². The molecule has 0 radical (unpaired) electrons. The zero-order chi connectivity index (χ0) is 11.3. The van der Waals surface area contributed by atoms with Gasteiger partial charge < -0.3 is 4.90 Å². The number of carbonyl (C=O) groups excluding carboxylic acids is 2. The molecule has 2 heterocycles. The minimum Gasteiger partial charge on any atom is -0.305 e. The Labute approximate surface area is 97.3 Å². The molecule has 0 saturated carbocycles. The number of rotatable bonds is 0. The van der Waals surface area contributed by atoms with Crippen molar-refractivity contribution in [3.05, 3.63) is 46.6 Å². The molecule has 1 atom stereocenters. The Morgan fingerprint density at radius 1 is 1.25 bits per heavy atom. The first-order valence-corrected chi connectivity index (χ1v) is 5.38. The third-order valence-corrected chi connectivity index (χ3v) is 3.33. The predicted molar refractivity (Wildman–Crippen MR) is 58.9 cm³/mol. The zero-order valence-electron chi connectivity index (χ0n) is 8.31. The van der Waals surface area contributed by atoms with Crippen LogP contribution in [0, 0.1) is 0 Å². The van der Waals surface area contributed by atoms with E-state index in [1.165, 1.54) is 6.20 Å². The molecule has 0 bridgehead atoms. The number of halogens is 1. The van der Waals surface area contributed by atoms with Crippen LogP contribution in [-0.2, 0) is 4.79 Å². The van der Waals surface area contributed by atoms with Crippen molar-refractivity contribution in [3.8, 4) is 0 Å². The standard InChI is InChI=1S/C12H8ClNO2/c13-9-6-14-10(5-11(9)15)7-3-1-2-4-8(7)12(14)16/h1-4,6,10H,5H2. The maximum atomic E-state index is 12.0. The number of benzene rings is 1. The van der Waals surface area contributed by atoms with Crippen molar-refractivity contribution in [2.45, 2.75) is 12.5 Å². The Kier molecular flexibility index (Phi) is 1.91. The van der Waals surface area contributed by atoms with E-state index < -0.39 is 0 Å². The van der Waals surface area contributed by atoms with Crippen LogP contribution in [0.1, 0.15) is 28.4 Å². The van der Waals surface area contributed by atoms with Gasteiger partial charge in [0.05, 0.1) is 11.1 Å². The van der Waals surface area contributed by atoms with Gasteiger partial charge in [0.1, 0.15) is 0 Å². The van der Waals surface area contributed by atoms with E-state index in [1.807, 2.05) is 18.2 Å². The summed E-state index contributed by atoms with van der Waals surface area (Å²) < 4.78 is 0. The predicted octanol–water partition coefficient (Wildman–Crippen LogP) is 2.24. The molecule has 4 heteroatoms. The van der Waals surface area contributed by atoms with Crippen molar-refractivity contribution in [2.75, 3.05) is 0 Å². The summed E-state index contributed by atoms with van der Waals surface area (Å²) in [4.78, 5) is 25.1. The van der Waals surface area contributed by atoms with Gasteiger partial charge in [-0.1, -0.05) is 29.8 Å². The lowest BCUT2D eigenvalue weighted by molar-refractivity contribution is -0.116. The van der Waals surface area contributed by atoms with E-state index in [1.54, 1.807) is 11.0 Å². The van der Waals surface area contributed by atoms with Crippen LogP contribution in [-0.4, -0.2) is 16.6 Å². The fourth-order valence-corrected chi connectivity index (χ4v) is 2.42. The van der Waals surface area contributed by atoms with E-state index in [4.69, 9.17) is 11.6 Å². The summed E-state index contributed by atoms with van der Waals surface area (Å²) in [7, 11) is 0. The number of ketones is 1. The summed E-state index contributed by atoms with van der Waals surface area (Å²) in [6, 6.07) is 7.20. The molecule has 0 fully saturated rings. The number of fused-ring (bicyclic) bond motifs is 3. The van der Waals surface area contributed by atoms with Gasteiger partial charge in [-0.25, -0.2) is 0 Å². The second-order valence-corrected chi connectivity index (χ2v) is 4.33. The number of hydrogen-bond acceptors (Lipinski definition) is 2. The molecule has 80 valence electrons. The number of carbonyl (C=O) groups is 2. The first-order chi connectivity index (χ1) is 7.68. The van der Waals surface area contributed by atoms with Gasteiger partial charge in [-0.3, -0.25) is 9.59 Å². The summed E-state index contributed by atoms with van der Waals surface area (Å²) in [6.45, 7) is 0. The summed E-state index contributed by atoms with van der Waals surface area (Å²) in [5.74, 6) is -0.182. The highest BCUT2D eigenvalue weighted by atomic mass is 35.5. The quantitative estimate of drug-likeness (QED) is 0.689. The molecule has 0 N–H and O–H groups in total. The minimum atomic E-state index is -0.168. The normalized spacial score (nSPS) is 22.9. The summed E-state index contributed by atoms with van der Waals surface area (Å²) in [5, 5.41) is 0.136. The van der Waals surface area contributed by atoms with E-state index in [0.29, 0.717) is 5.56 Å². The van der Waals surface area contributed by atoms with Crippen molar-refractivity contribution in [1.29, 1.82) is 0 Å². The highest BCUT2D eigenvalue weighted by molar-refractivity contribution is 6.42. The molecule has 1 aromatic rings. The Bertz CT molecular complexity index is 536. The molecule has 0 aromatic heterocycles. The van der Waals surface area contributed by atoms with Crippen LogP contribution in [0.2, 0.25) is 0 Å². The second kappa shape index (κ2) is 3.19. The molecule has 2 aliphatic rings. The van der Waals surface area contributed by atoms with Gasteiger partial charge in [-0.05, 0) is 11.6 Å². The van der Waals surface area contributed by atoms with Gasteiger partial charge in [-0.2, -0.15) is 0 Å². The molecular weight excluding hydrogens is 226 g/mol. The lowest BCUT2D eigenvalue weighted by Crippen LogP contribution is -2.28. The van der Waals surface area contributed by atoms with Crippen LogP contribution in [0.4, 0.5) is 0 Å². The van der Waals surface area contributed by atoms with Crippen molar-refractivity contribution >= 4 is 23.3 Å². The first kappa shape index (κ1) is 9.60. The Balaban J connectivity index is 2.16. The van der Waals surface area contributed by atoms with E-state index in [-0.39, 0.29) is 29.2 Å². The zero-order valence-corrected chi connectivity index (χ0v) is 9.07. The molecule has 16 heavy (non-hydrogen) atoms. The van der Waals surface area contributed by atoms with Gasteiger partial charge in [0, 0.05) is 18.2 Å². The van der Waals surface area contributed by atoms with Crippen LogP contribution in [0.25, 0.3) is 0 Å². The number of nitrogens with zero attached hydrogens (tertiary/aromatic N) is 1. The maximum absolute atomic E-state index is 12.0. The molecule has 1 aromatic carbocycles. The number of amides is 1. The largest absolute Gasteiger partial charge is 0.305 e. The van der Waals surface area contributed by atoms with Crippen LogP contribution in [0.5, 0.6) is 0 Å². The molecular formula is C12H8ClNO2. The molecule has 0 saturated heterocycles. The lowest BCUT2D eigenvalue weighted by Gasteiger charge is -2.25. The van der Waals surface area contributed by atoms with Gasteiger partial charge in [-0.15, -0.1) is 0 Å². The van der Waals surface area contributed by atoms with Crippen LogP contribution >= 0.6 is 11.6 Å². The van der Waals surface area contributed by atoms with Gasteiger partial charge in [0.15, 0.2) is 5.78 Å². The van der Waals surface area contributed by atoms with Crippen molar-refractivity contribution in [3.63, 3.8) is 0 Å². The summed E-state index contributed by atoms with van der Waals surface area (Å²) >= 11 is 5.76. The Hall–Kier alpha value is -1.61. The highest BCUT2D eigenvalue weighted by Crippen LogP contribution is 2.40. The Morgan fingerprint density at radius 2 is 2.00 bits per heavy atom. The van der Waals surface area contributed by atoms with E-state index in [2.05, 4.69) is 0 Å². The van der Waals surface area contributed by atoms with Crippen molar-refractivity contribution in [1.82, 2.24) is 4.90 Å². The number of Topliss-reactive ketones (excluding diaryl/α,β-unsaturated/α-hetero) is 1. The van der Waals surface area contributed by atoms with E-state index in [0.717, 1.165) is 5.56 Å². The SMILES string of the molecule is O=C1CC2c3ccccc3C(=O)N2C=C1Cl. The molecule has 0 aliphatic carbocycles. The van der Waals surface area contributed by atoms with E-state index >= 15 is 0 Å². The fraction of sp³-hybridized carbons (Fsp3) is 0.167. The third kappa shape index (κ3) is 1.15. The maximum Gasteiger partial charge on any atom is 0.258 e. The van der Waals surface area contributed by atoms with E-state index in [9.17, 15) is 9.59 Å². The second-order valence-electron chi connectivity index (χ2n) is 3.92. The fourth-order valence-electron chi connectivity index (χ4n) is 2.24. The average molecular weight is 234 g/mol. The first-order valence-electron chi connectivity index (χ1n) is 5.00. The van der Waals surface area contributed by atoms with Gasteiger partial charge in [0.2, 0.25) is 0 Å². The smallest absolute Gasteiger partial charge is 0.258 e. The molecule has 3 rings (SSSR count). The average Bonchev–Trinajstić information content (AvgIpc) is 2.55. The molecule has 3 nitrogen and oxygen atoms in total. The highest BCUT2D eigenvalue weighted by Gasteiger charge is 2.39. The molecule has 2 aliphatic heterocycles.